The highest BCUT2D eigenvalue weighted by molar-refractivity contribution is 6.06. The second-order valence-electron chi connectivity index (χ2n) is 5.89. The number of nitrogens with zero attached hydrogens (tertiary/aromatic N) is 1. The topological polar surface area (TPSA) is 42.0 Å². The fourth-order valence-corrected chi connectivity index (χ4v) is 2.81. The minimum Gasteiger partial charge on any atom is -0.345 e. The highest BCUT2D eigenvalue weighted by atomic mass is 16.1. The number of benzene rings is 2. The van der Waals surface area contributed by atoms with E-state index in [0.717, 1.165) is 27.7 Å². The quantitative estimate of drug-likeness (QED) is 0.782. The van der Waals surface area contributed by atoms with E-state index in [4.69, 9.17) is 0 Å². The number of nitrogens with one attached hydrogen (secondary N) is 1. The minimum absolute atomic E-state index is 0.0444. The van der Waals surface area contributed by atoms with E-state index in [1.807, 2.05) is 75.4 Å². The van der Waals surface area contributed by atoms with Crippen LogP contribution in [-0.2, 0) is 0 Å². The summed E-state index contributed by atoms with van der Waals surface area (Å²) in [5.41, 5.74) is 4.59. The zero-order valence-corrected chi connectivity index (χ0v) is 13.6. The van der Waals surface area contributed by atoms with Crippen LogP contribution in [0.15, 0.2) is 54.6 Å². The molecule has 0 aliphatic heterocycles. The molecule has 0 fully saturated rings. The molecule has 0 radical (unpaired) electrons. The lowest BCUT2D eigenvalue weighted by Gasteiger charge is -2.16. The Kier molecular flexibility index (Phi) is 4.11. The lowest BCUT2D eigenvalue weighted by Crippen LogP contribution is -2.27. The summed E-state index contributed by atoms with van der Waals surface area (Å²) >= 11 is 0. The maximum absolute atomic E-state index is 12.8. The van der Waals surface area contributed by atoms with Gasteiger partial charge in [-0.05, 0) is 38.0 Å². The van der Waals surface area contributed by atoms with Crippen LogP contribution in [0.3, 0.4) is 0 Å². The summed E-state index contributed by atoms with van der Waals surface area (Å²) in [4.78, 5) is 17.3. The number of rotatable bonds is 3. The molecule has 3 heteroatoms. The van der Waals surface area contributed by atoms with Gasteiger partial charge in [-0.1, -0.05) is 48.5 Å². The predicted octanol–water partition coefficient (Wildman–Crippen LogP) is 4.34. The van der Waals surface area contributed by atoms with Crippen LogP contribution in [0.5, 0.6) is 0 Å². The second-order valence-corrected chi connectivity index (χ2v) is 5.89. The summed E-state index contributed by atoms with van der Waals surface area (Å²) in [6.45, 7) is 5.93. The highest BCUT2D eigenvalue weighted by Gasteiger charge is 2.15. The van der Waals surface area contributed by atoms with E-state index in [0.29, 0.717) is 5.56 Å². The molecule has 1 atom stereocenters. The molecule has 0 spiro atoms. The van der Waals surface area contributed by atoms with E-state index in [9.17, 15) is 4.79 Å². The Hall–Kier alpha value is -2.68. The van der Waals surface area contributed by atoms with Crippen molar-refractivity contribution < 1.29 is 4.79 Å². The van der Waals surface area contributed by atoms with Crippen molar-refractivity contribution in [2.24, 2.45) is 0 Å². The van der Waals surface area contributed by atoms with Gasteiger partial charge in [0, 0.05) is 11.1 Å². The zero-order valence-electron chi connectivity index (χ0n) is 13.6. The van der Waals surface area contributed by atoms with E-state index in [1.54, 1.807) is 0 Å². The second kappa shape index (κ2) is 6.21. The van der Waals surface area contributed by atoms with Gasteiger partial charge in [-0.2, -0.15) is 0 Å². The molecule has 116 valence electrons. The van der Waals surface area contributed by atoms with Gasteiger partial charge in [0.05, 0.1) is 17.1 Å². The van der Waals surface area contributed by atoms with Crippen molar-refractivity contribution in [3.8, 4) is 0 Å². The Morgan fingerprint density at radius 3 is 2.52 bits per heavy atom. The Labute approximate surface area is 136 Å². The van der Waals surface area contributed by atoms with Crippen molar-refractivity contribution in [3.05, 3.63) is 77.0 Å². The Morgan fingerprint density at radius 2 is 1.78 bits per heavy atom. The number of hydrogen-bond acceptors (Lipinski definition) is 2. The smallest absolute Gasteiger partial charge is 0.252 e. The third-order valence-corrected chi connectivity index (χ3v) is 4.06. The van der Waals surface area contributed by atoms with Crippen molar-refractivity contribution in [2.75, 3.05) is 0 Å². The van der Waals surface area contributed by atoms with Crippen molar-refractivity contribution in [1.29, 1.82) is 0 Å². The third-order valence-electron chi connectivity index (χ3n) is 4.06. The fraction of sp³-hybridized carbons (Fsp3) is 0.200. The molecule has 1 heterocycles. The van der Waals surface area contributed by atoms with Gasteiger partial charge >= 0.3 is 0 Å². The van der Waals surface area contributed by atoms with E-state index in [2.05, 4.69) is 10.3 Å². The number of fused-ring (bicyclic) bond motifs is 1. The average molecular weight is 304 g/mol. The van der Waals surface area contributed by atoms with E-state index >= 15 is 0 Å². The molecule has 3 rings (SSSR count). The van der Waals surface area contributed by atoms with Crippen LogP contribution in [0.4, 0.5) is 0 Å². The van der Waals surface area contributed by atoms with E-state index < -0.39 is 0 Å². The first-order chi connectivity index (χ1) is 11.1. The maximum atomic E-state index is 12.8. The summed E-state index contributed by atoms with van der Waals surface area (Å²) in [5, 5.41) is 3.98. The molecular weight excluding hydrogens is 284 g/mol. The summed E-state index contributed by atoms with van der Waals surface area (Å²) in [6.07, 6.45) is 0. The van der Waals surface area contributed by atoms with Crippen LogP contribution in [0.25, 0.3) is 10.9 Å². The first-order valence-electron chi connectivity index (χ1n) is 7.79. The highest BCUT2D eigenvalue weighted by Crippen LogP contribution is 2.22. The first kappa shape index (κ1) is 15.2. The molecule has 0 aliphatic carbocycles. The first-order valence-corrected chi connectivity index (χ1v) is 7.79. The SMILES string of the molecule is Cc1cc(C(=O)N[C@H](C)c2ccccc2)c2cccc(C)c2n1. The monoisotopic (exact) mass is 304 g/mol. The van der Waals surface area contributed by atoms with Crippen LogP contribution in [-0.4, -0.2) is 10.9 Å². The molecular formula is C20H20N2O. The van der Waals surface area contributed by atoms with Crippen LogP contribution in [0.2, 0.25) is 0 Å². The number of para-hydroxylation sites is 1. The molecule has 0 unspecified atom stereocenters. The Morgan fingerprint density at radius 1 is 1.04 bits per heavy atom. The third kappa shape index (κ3) is 3.09. The van der Waals surface area contributed by atoms with Crippen molar-refractivity contribution in [1.82, 2.24) is 10.3 Å². The number of pyridine rings is 1. The van der Waals surface area contributed by atoms with Gasteiger partial charge in [0.2, 0.25) is 0 Å². The summed E-state index contributed by atoms with van der Waals surface area (Å²) in [6, 6.07) is 17.7. The van der Waals surface area contributed by atoms with Crippen LogP contribution in [0, 0.1) is 13.8 Å². The molecule has 0 aliphatic rings. The van der Waals surface area contributed by atoms with E-state index in [1.165, 1.54) is 0 Å². The van der Waals surface area contributed by atoms with Gasteiger partial charge in [-0.3, -0.25) is 9.78 Å². The lowest BCUT2D eigenvalue weighted by atomic mass is 10.0. The van der Waals surface area contributed by atoms with Crippen molar-refractivity contribution in [3.63, 3.8) is 0 Å². The Bertz CT molecular complexity index is 856. The summed E-state index contributed by atoms with van der Waals surface area (Å²) < 4.78 is 0. The largest absolute Gasteiger partial charge is 0.345 e. The Balaban J connectivity index is 1.97. The van der Waals surface area contributed by atoms with Crippen LogP contribution < -0.4 is 5.32 Å². The molecule has 0 bridgehead atoms. The van der Waals surface area contributed by atoms with Gasteiger partial charge in [-0.25, -0.2) is 0 Å². The summed E-state index contributed by atoms with van der Waals surface area (Å²) in [5.74, 6) is -0.0672. The molecule has 1 amide bonds. The summed E-state index contributed by atoms with van der Waals surface area (Å²) in [7, 11) is 0. The standard InChI is InChI=1S/C20H20N2O/c1-13-8-7-11-17-18(12-14(2)21-19(13)17)20(23)22-15(3)16-9-5-4-6-10-16/h4-12,15H,1-3H3,(H,22,23)/t15-/m1/s1. The van der Waals surface area contributed by atoms with E-state index in [-0.39, 0.29) is 11.9 Å². The zero-order chi connectivity index (χ0) is 16.4. The number of hydrogen-bond donors (Lipinski definition) is 1. The average Bonchev–Trinajstić information content (AvgIpc) is 2.56. The van der Waals surface area contributed by atoms with Gasteiger partial charge in [0.25, 0.3) is 5.91 Å². The normalized spacial score (nSPS) is 12.1. The maximum Gasteiger partial charge on any atom is 0.252 e. The number of amides is 1. The van der Waals surface area contributed by atoms with Crippen molar-refractivity contribution in [2.45, 2.75) is 26.8 Å². The number of aromatic nitrogens is 1. The molecule has 1 N–H and O–H groups in total. The predicted molar refractivity (Wildman–Crippen MR) is 93.5 cm³/mol. The minimum atomic E-state index is -0.0672. The van der Waals surface area contributed by atoms with Gasteiger partial charge in [0.15, 0.2) is 0 Å². The molecule has 1 aromatic heterocycles. The van der Waals surface area contributed by atoms with Crippen molar-refractivity contribution >= 4 is 16.8 Å². The van der Waals surface area contributed by atoms with Gasteiger partial charge < -0.3 is 5.32 Å². The lowest BCUT2D eigenvalue weighted by molar-refractivity contribution is 0.0941. The fourth-order valence-electron chi connectivity index (χ4n) is 2.81. The van der Waals surface area contributed by atoms with Gasteiger partial charge in [-0.15, -0.1) is 0 Å². The molecule has 2 aromatic carbocycles. The molecule has 23 heavy (non-hydrogen) atoms. The molecule has 0 saturated heterocycles. The number of carbonyl (C=O) groups excluding carboxylic acids is 1. The molecule has 0 saturated carbocycles. The number of aryl methyl sites for hydroxylation is 2. The molecule has 3 aromatic rings. The molecule has 3 nitrogen and oxygen atoms in total. The van der Waals surface area contributed by atoms with Crippen LogP contribution >= 0.6 is 0 Å². The van der Waals surface area contributed by atoms with Gasteiger partial charge in [0.1, 0.15) is 0 Å². The van der Waals surface area contributed by atoms with Crippen LogP contribution in [0.1, 0.15) is 40.1 Å². The number of carbonyl (C=O) groups is 1.